The van der Waals surface area contributed by atoms with E-state index in [9.17, 15) is 9.59 Å². The minimum absolute atomic E-state index is 0.0217. The van der Waals surface area contributed by atoms with E-state index in [0.29, 0.717) is 30.5 Å². The Hall–Kier alpha value is -2.38. The summed E-state index contributed by atoms with van der Waals surface area (Å²) in [6.45, 7) is 7.54. The van der Waals surface area contributed by atoms with Crippen LogP contribution in [0, 0.1) is 0 Å². The molecule has 1 atom stereocenters. The maximum absolute atomic E-state index is 13.4. The SMILES string of the molecule is CCCc1ccccc1-n1c(=O)nc(N2CCN(C(C)=O)C[C@@H]2C)c2cc(Cl)c(Br)cc21. The second-order valence-corrected chi connectivity index (χ2v) is 9.48. The molecule has 1 saturated heterocycles. The third-order valence-electron chi connectivity index (χ3n) is 6.01. The zero-order valence-electron chi connectivity index (χ0n) is 18.4. The van der Waals surface area contributed by atoms with E-state index in [2.05, 4.69) is 38.8 Å². The lowest BCUT2D eigenvalue weighted by Gasteiger charge is -2.40. The first-order valence-electron chi connectivity index (χ1n) is 10.8. The third-order valence-corrected chi connectivity index (χ3v) is 7.21. The maximum atomic E-state index is 13.4. The molecule has 1 aliphatic heterocycles. The number of aromatic nitrogens is 2. The molecule has 0 unspecified atom stereocenters. The largest absolute Gasteiger partial charge is 0.354 e. The van der Waals surface area contributed by atoms with Crippen molar-refractivity contribution in [1.29, 1.82) is 0 Å². The van der Waals surface area contributed by atoms with Gasteiger partial charge in [0.05, 0.1) is 16.2 Å². The van der Waals surface area contributed by atoms with Gasteiger partial charge in [0.2, 0.25) is 5.91 Å². The fraction of sp³-hybridized carbons (Fsp3) is 0.375. The quantitative estimate of drug-likeness (QED) is 0.498. The minimum Gasteiger partial charge on any atom is -0.350 e. The van der Waals surface area contributed by atoms with Gasteiger partial charge in [-0.15, -0.1) is 0 Å². The van der Waals surface area contributed by atoms with Gasteiger partial charge in [0.1, 0.15) is 5.82 Å². The summed E-state index contributed by atoms with van der Waals surface area (Å²) in [5, 5.41) is 1.37. The van der Waals surface area contributed by atoms with Gasteiger partial charge >= 0.3 is 5.69 Å². The monoisotopic (exact) mass is 516 g/mol. The first-order valence-corrected chi connectivity index (χ1v) is 12.0. The van der Waals surface area contributed by atoms with Crippen molar-refractivity contribution in [2.75, 3.05) is 24.5 Å². The normalized spacial score (nSPS) is 16.6. The molecule has 1 aromatic heterocycles. The smallest absolute Gasteiger partial charge is 0.350 e. The van der Waals surface area contributed by atoms with Crippen molar-refractivity contribution in [2.45, 2.75) is 39.7 Å². The summed E-state index contributed by atoms with van der Waals surface area (Å²) < 4.78 is 2.40. The summed E-state index contributed by atoms with van der Waals surface area (Å²) in [7, 11) is 0. The molecule has 8 heteroatoms. The first-order chi connectivity index (χ1) is 15.3. The Morgan fingerprint density at radius 1 is 1.25 bits per heavy atom. The molecule has 2 heterocycles. The van der Waals surface area contributed by atoms with Gasteiger partial charge in [0.15, 0.2) is 0 Å². The van der Waals surface area contributed by atoms with Gasteiger partial charge in [-0.25, -0.2) is 4.79 Å². The lowest BCUT2D eigenvalue weighted by molar-refractivity contribution is -0.129. The van der Waals surface area contributed by atoms with Crippen LogP contribution in [-0.4, -0.2) is 46.0 Å². The molecule has 3 aromatic rings. The predicted octanol–water partition coefficient (Wildman–Crippen LogP) is 4.81. The fourth-order valence-electron chi connectivity index (χ4n) is 4.42. The minimum atomic E-state index is -0.327. The van der Waals surface area contributed by atoms with E-state index < -0.39 is 0 Å². The molecule has 0 bridgehead atoms. The molecule has 2 aromatic carbocycles. The number of rotatable bonds is 4. The van der Waals surface area contributed by atoms with Crippen LogP contribution in [0.1, 0.15) is 32.8 Å². The molecule has 168 valence electrons. The first kappa shape index (κ1) is 22.8. The van der Waals surface area contributed by atoms with E-state index >= 15 is 0 Å². The molecule has 0 N–H and O–H groups in total. The summed E-state index contributed by atoms with van der Waals surface area (Å²) in [6.07, 6.45) is 1.84. The van der Waals surface area contributed by atoms with E-state index in [4.69, 9.17) is 11.6 Å². The van der Waals surface area contributed by atoms with Crippen molar-refractivity contribution in [3.8, 4) is 5.69 Å². The number of fused-ring (bicyclic) bond motifs is 1. The number of halogens is 2. The number of hydrogen-bond donors (Lipinski definition) is 0. The van der Waals surface area contributed by atoms with Crippen molar-refractivity contribution >= 4 is 50.2 Å². The van der Waals surface area contributed by atoms with Gasteiger partial charge in [-0.2, -0.15) is 4.98 Å². The lowest BCUT2D eigenvalue weighted by atomic mass is 10.1. The van der Waals surface area contributed by atoms with Crippen molar-refractivity contribution in [2.24, 2.45) is 0 Å². The van der Waals surface area contributed by atoms with E-state index in [1.807, 2.05) is 42.2 Å². The summed E-state index contributed by atoms with van der Waals surface area (Å²) in [5.41, 5.74) is 2.36. The number of amides is 1. The number of carbonyl (C=O) groups is 1. The molecule has 32 heavy (non-hydrogen) atoms. The Morgan fingerprint density at radius 3 is 2.69 bits per heavy atom. The molecule has 1 amide bonds. The van der Waals surface area contributed by atoms with E-state index in [-0.39, 0.29) is 17.6 Å². The Bertz CT molecular complexity index is 1240. The van der Waals surface area contributed by atoms with Crippen LogP contribution >= 0.6 is 27.5 Å². The summed E-state index contributed by atoms with van der Waals surface area (Å²) in [5.74, 6) is 0.670. The molecule has 4 rings (SSSR count). The van der Waals surface area contributed by atoms with Gasteiger partial charge in [-0.05, 0) is 53.0 Å². The molecule has 0 radical (unpaired) electrons. The highest BCUT2D eigenvalue weighted by molar-refractivity contribution is 9.10. The average molecular weight is 518 g/mol. The molecule has 0 spiro atoms. The van der Waals surface area contributed by atoms with Gasteiger partial charge in [0, 0.05) is 42.5 Å². The highest BCUT2D eigenvalue weighted by Gasteiger charge is 2.28. The van der Waals surface area contributed by atoms with Gasteiger partial charge in [-0.1, -0.05) is 43.1 Å². The van der Waals surface area contributed by atoms with E-state index in [1.54, 1.807) is 11.5 Å². The molecular formula is C24H26BrClN4O2. The predicted molar refractivity (Wildman–Crippen MR) is 133 cm³/mol. The number of nitrogens with zero attached hydrogens (tertiary/aromatic N) is 4. The third kappa shape index (κ3) is 4.16. The van der Waals surface area contributed by atoms with Crippen LogP contribution in [-0.2, 0) is 11.2 Å². The summed E-state index contributed by atoms with van der Waals surface area (Å²) in [4.78, 5) is 33.8. The summed E-state index contributed by atoms with van der Waals surface area (Å²) in [6, 6.07) is 11.7. The molecule has 1 aliphatic rings. The zero-order valence-corrected chi connectivity index (χ0v) is 20.8. The zero-order chi connectivity index (χ0) is 23.0. The number of carbonyl (C=O) groups excluding carboxylic acids is 1. The van der Waals surface area contributed by atoms with E-state index in [0.717, 1.165) is 39.5 Å². The number of benzene rings is 2. The van der Waals surface area contributed by atoms with Crippen LogP contribution < -0.4 is 10.6 Å². The van der Waals surface area contributed by atoms with E-state index in [1.165, 1.54) is 0 Å². The second kappa shape index (κ2) is 9.24. The fourth-order valence-corrected chi connectivity index (χ4v) is 4.92. The van der Waals surface area contributed by atoms with Crippen molar-refractivity contribution in [3.63, 3.8) is 0 Å². The lowest BCUT2D eigenvalue weighted by Crippen LogP contribution is -2.54. The number of para-hydroxylation sites is 1. The average Bonchev–Trinajstić information content (AvgIpc) is 2.75. The number of aryl methyl sites for hydroxylation is 1. The van der Waals surface area contributed by atoms with Gasteiger partial charge in [0.25, 0.3) is 0 Å². The van der Waals surface area contributed by atoms with Crippen LogP contribution in [0.2, 0.25) is 5.02 Å². The van der Waals surface area contributed by atoms with Gasteiger partial charge in [-0.3, -0.25) is 9.36 Å². The molecular weight excluding hydrogens is 492 g/mol. The van der Waals surface area contributed by atoms with Crippen LogP contribution in [0.15, 0.2) is 45.7 Å². The van der Waals surface area contributed by atoms with Crippen LogP contribution in [0.25, 0.3) is 16.6 Å². The Balaban J connectivity index is 1.94. The Labute approximate surface area is 200 Å². The molecule has 1 fully saturated rings. The van der Waals surface area contributed by atoms with Crippen molar-refractivity contribution in [3.05, 3.63) is 61.9 Å². The van der Waals surface area contributed by atoms with Crippen molar-refractivity contribution in [1.82, 2.24) is 14.5 Å². The van der Waals surface area contributed by atoms with Crippen molar-refractivity contribution < 1.29 is 4.79 Å². The maximum Gasteiger partial charge on any atom is 0.354 e. The Kier molecular flexibility index (Phi) is 6.58. The number of hydrogen-bond acceptors (Lipinski definition) is 4. The van der Waals surface area contributed by atoms with Crippen LogP contribution in [0.5, 0.6) is 0 Å². The van der Waals surface area contributed by atoms with Gasteiger partial charge < -0.3 is 9.80 Å². The highest BCUT2D eigenvalue weighted by atomic mass is 79.9. The standard InChI is InChI=1S/C24H26BrClN4O2/c1-4-7-17-8-5-6-9-21(17)30-22-13-19(25)20(26)12-18(22)23(27-24(30)32)29-11-10-28(16(3)31)14-15(29)2/h5-6,8-9,12-13,15H,4,7,10-11,14H2,1-3H3/t15-/m0/s1. The molecule has 6 nitrogen and oxygen atoms in total. The highest BCUT2D eigenvalue weighted by Crippen LogP contribution is 2.34. The Morgan fingerprint density at radius 2 is 2.00 bits per heavy atom. The molecule has 0 saturated carbocycles. The topological polar surface area (TPSA) is 58.4 Å². The van der Waals surface area contributed by atoms with Crippen LogP contribution in [0.4, 0.5) is 5.82 Å². The second-order valence-electron chi connectivity index (χ2n) is 8.22. The number of anilines is 1. The molecule has 0 aliphatic carbocycles. The van der Waals surface area contributed by atoms with Crippen LogP contribution in [0.3, 0.4) is 0 Å². The number of piperazine rings is 1. The summed E-state index contributed by atoms with van der Waals surface area (Å²) >= 11 is 10.0.